The molecule has 1 atom stereocenters. The van der Waals surface area contributed by atoms with E-state index in [4.69, 9.17) is 14.9 Å². The molecule has 0 aliphatic rings. The molecule has 0 aliphatic carbocycles. The van der Waals surface area contributed by atoms with Crippen LogP contribution in [-0.4, -0.2) is 34.9 Å². The van der Waals surface area contributed by atoms with Crippen LogP contribution in [0.1, 0.15) is 25.7 Å². The second kappa shape index (κ2) is 7.99. The van der Waals surface area contributed by atoms with Gasteiger partial charge in [-0.25, -0.2) is 4.79 Å². The number of hydrogen-bond donors (Lipinski definition) is 2. The number of aliphatic carboxylic acids is 2. The summed E-state index contributed by atoms with van der Waals surface area (Å²) < 4.78 is 4.99. The molecule has 0 saturated carbocycles. The summed E-state index contributed by atoms with van der Waals surface area (Å²) in [5, 5.41) is 17.1. The van der Waals surface area contributed by atoms with Crippen molar-refractivity contribution in [3.63, 3.8) is 0 Å². The number of hydrogen-bond acceptors (Lipinski definition) is 3. The SMILES string of the molecule is C=CCOC(CCCCC(=O)O)C(=O)O. The van der Waals surface area contributed by atoms with E-state index in [-0.39, 0.29) is 13.0 Å². The minimum absolute atomic E-state index is 0.0633. The van der Waals surface area contributed by atoms with Gasteiger partial charge in [0.05, 0.1) is 6.61 Å². The lowest BCUT2D eigenvalue weighted by Crippen LogP contribution is -2.23. The molecule has 0 radical (unpaired) electrons. The molecule has 5 nitrogen and oxygen atoms in total. The van der Waals surface area contributed by atoms with Gasteiger partial charge in [0.25, 0.3) is 0 Å². The summed E-state index contributed by atoms with van der Waals surface area (Å²) in [4.78, 5) is 20.8. The van der Waals surface area contributed by atoms with E-state index >= 15 is 0 Å². The Bertz CT molecular complexity index is 224. The summed E-state index contributed by atoms with van der Waals surface area (Å²) in [5.74, 6) is -1.89. The van der Waals surface area contributed by atoms with E-state index in [1.165, 1.54) is 6.08 Å². The first-order valence-electron chi connectivity index (χ1n) is 4.75. The Balaban J connectivity index is 3.70. The maximum atomic E-state index is 10.7. The molecule has 0 heterocycles. The van der Waals surface area contributed by atoms with Crippen molar-refractivity contribution in [2.45, 2.75) is 31.8 Å². The van der Waals surface area contributed by atoms with Crippen LogP contribution in [0.25, 0.3) is 0 Å². The molecule has 5 heteroatoms. The Kier molecular flexibility index (Phi) is 7.27. The summed E-state index contributed by atoms with van der Waals surface area (Å²) in [6.45, 7) is 3.61. The van der Waals surface area contributed by atoms with Crippen molar-refractivity contribution in [3.05, 3.63) is 12.7 Å². The van der Waals surface area contributed by atoms with E-state index in [9.17, 15) is 9.59 Å². The van der Waals surface area contributed by atoms with Gasteiger partial charge in [-0.3, -0.25) is 4.79 Å². The van der Waals surface area contributed by atoms with Crippen LogP contribution in [-0.2, 0) is 14.3 Å². The fourth-order valence-corrected chi connectivity index (χ4v) is 1.07. The van der Waals surface area contributed by atoms with Crippen molar-refractivity contribution < 1.29 is 24.5 Å². The minimum Gasteiger partial charge on any atom is -0.481 e. The van der Waals surface area contributed by atoms with Crippen molar-refractivity contribution >= 4 is 11.9 Å². The van der Waals surface area contributed by atoms with Crippen LogP contribution in [0.4, 0.5) is 0 Å². The zero-order valence-electron chi connectivity index (χ0n) is 8.52. The van der Waals surface area contributed by atoms with E-state index in [2.05, 4.69) is 6.58 Å². The molecule has 0 spiro atoms. The Morgan fingerprint density at radius 3 is 2.47 bits per heavy atom. The largest absolute Gasteiger partial charge is 0.481 e. The van der Waals surface area contributed by atoms with E-state index in [1.54, 1.807) is 0 Å². The van der Waals surface area contributed by atoms with Crippen molar-refractivity contribution in [3.8, 4) is 0 Å². The Morgan fingerprint density at radius 2 is 2.00 bits per heavy atom. The highest BCUT2D eigenvalue weighted by molar-refractivity contribution is 5.72. The maximum absolute atomic E-state index is 10.7. The second-order valence-electron chi connectivity index (χ2n) is 3.09. The van der Waals surface area contributed by atoms with Crippen LogP contribution in [0.15, 0.2) is 12.7 Å². The third-order valence-corrected chi connectivity index (χ3v) is 1.80. The van der Waals surface area contributed by atoms with Crippen molar-refractivity contribution in [1.29, 1.82) is 0 Å². The summed E-state index contributed by atoms with van der Waals surface area (Å²) in [6.07, 6.45) is 2.01. The normalized spacial score (nSPS) is 12.0. The smallest absolute Gasteiger partial charge is 0.332 e. The number of carboxylic acids is 2. The molecule has 2 N–H and O–H groups in total. The lowest BCUT2D eigenvalue weighted by Gasteiger charge is -2.11. The van der Waals surface area contributed by atoms with Gasteiger partial charge in [0.15, 0.2) is 6.10 Å². The summed E-state index contributed by atoms with van der Waals surface area (Å²) in [7, 11) is 0. The van der Waals surface area contributed by atoms with Crippen LogP contribution in [0.5, 0.6) is 0 Å². The first kappa shape index (κ1) is 13.6. The van der Waals surface area contributed by atoms with Crippen molar-refractivity contribution in [2.75, 3.05) is 6.61 Å². The van der Waals surface area contributed by atoms with Crippen LogP contribution in [0.2, 0.25) is 0 Å². The Hall–Kier alpha value is -1.36. The van der Waals surface area contributed by atoms with Gasteiger partial charge in [0.1, 0.15) is 0 Å². The first-order valence-corrected chi connectivity index (χ1v) is 4.75. The third-order valence-electron chi connectivity index (χ3n) is 1.80. The molecule has 0 fully saturated rings. The molecule has 0 aromatic rings. The van der Waals surface area contributed by atoms with Gasteiger partial charge in [-0.1, -0.05) is 6.08 Å². The van der Waals surface area contributed by atoms with E-state index in [1.807, 2.05) is 0 Å². The number of ether oxygens (including phenoxy) is 1. The predicted octanol–water partition coefficient (Wildman–Crippen LogP) is 1.29. The molecule has 15 heavy (non-hydrogen) atoms. The molecule has 0 bridgehead atoms. The van der Waals surface area contributed by atoms with Gasteiger partial charge in [-0.15, -0.1) is 6.58 Å². The van der Waals surface area contributed by atoms with Crippen molar-refractivity contribution in [2.24, 2.45) is 0 Å². The summed E-state index contributed by atoms with van der Waals surface area (Å²) in [6, 6.07) is 0. The van der Waals surface area contributed by atoms with Crippen LogP contribution in [0, 0.1) is 0 Å². The van der Waals surface area contributed by atoms with E-state index in [0.717, 1.165) is 0 Å². The van der Waals surface area contributed by atoms with Gasteiger partial charge >= 0.3 is 11.9 Å². The first-order chi connectivity index (χ1) is 7.07. The third kappa shape index (κ3) is 7.69. The second-order valence-corrected chi connectivity index (χ2v) is 3.09. The molecular formula is C10H16O5. The summed E-state index contributed by atoms with van der Waals surface area (Å²) >= 11 is 0. The molecule has 0 amide bonds. The zero-order chi connectivity index (χ0) is 11.7. The quantitative estimate of drug-likeness (QED) is 0.448. The van der Waals surface area contributed by atoms with E-state index in [0.29, 0.717) is 19.3 Å². The standard InChI is InChI=1S/C10H16O5/c1-2-7-15-8(10(13)14)5-3-4-6-9(11)12/h2,8H,1,3-7H2,(H,11,12)(H,13,14). The monoisotopic (exact) mass is 216 g/mol. The van der Waals surface area contributed by atoms with Gasteiger partial charge in [-0.05, 0) is 19.3 Å². The van der Waals surface area contributed by atoms with Gasteiger partial charge in [-0.2, -0.15) is 0 Å². The molecule has 0 saturated heterocycles. The fourth-order valence-electron chi connectivity index (χ4n) is 1.07. The highest BCUT2D eigenvalue weighted by Gasteiger charge is 2.16. The van der Waals surface area contributed by atoms with Crippen molar-refractivity contribution in [1.82, 2.24) is 0 Å². The molecule has 0 aromatic heterocycles. The molecule has 1 unspecified atom stereocenters. The van der Waals surface area contributed by atoms with E-state index < -0.39 is 18.0 Å². The maximum Gasteiger partial charge on any atom is 0.332 e. The summed E-state index contributed by atoms with van der Waals surface area (Å²) in [5.41, 5.74) is 0. The van der Waals surface area contributed by atoms with Gasteiger partial charge < -0.3 is 14.9 Å². The molecular weight excluding hydrogens is 200 g/mol. The minimum atomic E-state index is -1.02. The number of unbranched alkanes of at least 4 members (excludes halogenated alkanes) is 1. The predicted molar refractivity (Wildman–Crippen MR) is 53.7 cm³/mol. The van der Waals surface area contributed by atoms with Crippen LogP contribution >= 0.6 is 0 Å². The van der Waals surface area contributed by atoms with Crippen LogP contribution in [0.3, 0.4) is 0 Å². The highest BCUT2D eigenvalue weighted by atomic mass is 16.5. The Labute approximate surface area is 88.4 Å². The number of carboxylic acid groups (broad SMARTS) is 2. The molecule has 0 aliphatic heterocycles. The average Bonchev–Trinajstić information content (AvgIpc) is 2.15. The van der Waals surface area contributed by atoms with Gasteiger partial charge in [0, 0.05) is 6.42 Å². The zero-order valence-corrected chi connectivity index (χ0v) is 8.52. The number of rotatable bonds is 9. The lowest BCUT2D eigenvalue weighted by atomic mass is 10.1. The van der Waals surface area contributed by atoms with Gasteiger partial charge in [0.2, 0.25) is 0 Å². The Morgan fingerprint density at radius 1 is 1.33 bits per heavy atom. The topological polar surface area (TPSA) is 83.8 Å². The number of carbonyl (C=O) groups is 2. The average molecular weight is 216 g/mol. The fraction of sp³-hybridized carbons (Fsp3) is 0.600. The van der Waals surface area contributed by atoms with Crippen LogP contribution < -0.4 is 0 Å². The highest BCUT2D eigenvalue weighted by Crippen LogP contribution is 2.07. The molecule has 0 rings (SSSR count). The molecule has 86 valence electrons. The lowest BCUT2D eigenvalue weighted by molar-refractivity contribution is -0.150. The molecule has 0 aromatic carbocycles.